The predicted octanol–water partition coefficient (Wildman–Crippen LogP) is 4.58. The number of ether oxygens (including phenoxy) is 1. The van der Waals surface area contributed by atoms with E-state index in [1.165, 1.54) is 21.8 Å². The normalized spacial score (nSPS) is 14.3. The fraction of sp³-hybridized carbons (Fsp3) is 0.400. The van der Waals surface area contributed by atoms with Crippen LogP contribution in [-0.4, -0.2) is 47.9 Å². The van der Waals surface area contributed by atoms with Crippen LogP contribution >= 0.6 is 22.7 Å². The van der Waals surface area contributed by atoms with E-state index in [2.05, 4.69) is 23.3 Å². The minimum absolute atomic E-state index is 0.0108. The number of hydrogen-bond acceptors (Lipinski definition) is 6. The molecule has 0 spiro atoms. The van der Waals surface area contributed by atoms with Crippen LogP contribution < -0.4 is 10.1 Å². The lowest BCUT2D eigenvalue weighted by Gasteiger charge is -2.31. The standard InChI is InChI=1S/C25H29N3O3S2/c1-17-5-6-20(14-18(17)2)31-15-23(29)28-11-8-19(9-12-28)25-27-22(16-33-25)24(30)26-10-7-21-4-3-13-32-21/h3-6,13-14,16,19H,7-12,15H2,1-2H3,(H,26,30). The lowest BCUT2D eigenvalue weighted by Crippen LogP contribution is -2.40. The number of aryl methyl sites for hydroxylation is 2. The summed E-state index contributed by atoms with van der Waals surface area (Å²) in [7, 11) is 0. The summed E-state index contributed by atoms with van der Waals surface area (Å²) in [6.45, 7) is 6.12. The lowest BCUT2D eigenvalue weighted by molar-refractivity contribution is -0.134. The Morgan fingerprint density at radius 1 is 1.15 bits per heavy atom. The monoisotopic (exact) mass is 483 g/mol. The van der Waals surface area contributed by atoms with E-state index in [4.69, 9.17) is 4.74 Å². The predicted molar refractivity (Wildman–Crippen MR) is 132 cm³/mol. The molecule has 0 saturated carbocycles. The van der Waals surface area contributed by atoms with Gasteiger partial charge in [0.05, 0.1) is 5.01 Å². The van der Waals surface area contributed by atoms with Gasteiger partial charge in [0.2, 0.25) is 0 Å². The fourth-order valence-electron chi connectivity index (χ4n) is 3.84. The van der Waals surface area contributed by atoms with Crippen molar-refractivity contribution in [3.63, 3.8) is 0 Å². The van der Waals surface area contributed by atoms with E-state index >= 15 is 0 Å². The van der Waals surface area contributed by atoms with Gasteiger partial charge in [-0.25, -0.2) is 4.98 Å². The van der Waals surface area contributed by atoms with Crippen LogP contribution in [0.3, 0.4) is 0 Å². The minimum Gasteiger partial charge on any atom is -0.484 e. The van der Waals surface area contributed by atoms with Crippen LogP contribution in [0.2, 0.25) is 0 Å². The maximum atomic E-state index is 12.6. The molecule has 1 fully saturated rings. The molecule has 0 atom stereocenters. The molecular weight excluding hydrogens is 454 g/mol. The third kappa shape index (κ3) is 6.21. The Morgan fingerprint density at radius 2 is 1.97 bits per heavy atom. The quantitative estimate of drug-likeness (QED) is 0.509. The molecule has 1 aromatic carbocycles. The number of hydrogen-bond donors (Lipinski definition) is 1. The Hall–Kier alpha value is -2.71. The number of carbonyl (C=O) groups is 2. The molecule has 2 amide bonds. The Bertz CT molecular complexity index is 1090. The largest absolute Gasteiger partial charge is 0.484 e. The number of nitrogens with zero attached hydrogens (tertiary/aromatic N) is 2. The Morgan fingerprint density at radius 3 is 2.70 bits per heavy atom. The van der Waals surface area contributed by atoms with Gasteiger partial charge in [0.15, 0.2) is 6.61 Å². The zero-order chi connectivity index (χ0) is 23.2. The summed E-state index contributed by atoms with van der Waals surface area (Å²) in [6, 6.07) is 9.97. The highest BCUT2D eigenvalue weighted by Crippen LogP contribution is 2.30. The number of piperidine rings is 1. The van der Waals surface area contributed by atoms with E-state index in [0.717, 1.165) is 35.6 Å². The molecule has 1 aliphatic rings. The van der Waals surface area contributed by atoms with Gasteiger partial charge >= 0.3 is 0 Å². The van der Waals surface area contributed by atoms with Gasteiger partial charge < -0.3 is 15.0 Å². The molecule has 6 nitrogen and oxygen atoms in total. The summed E-state index contributed by atoms with van der Waals surface area (Å²) in [5, 5.41) is 7.82. The molecule has 8 heteroatoms. The number of nitrogens with one attached hydrogen (secondary N) is 1. The molecule has 0 radical (unpaired) electrons. The van der Waals surface area contributed by atoms with E-state index in [9.17, 15) is 9.59 Å². The average Bonchev–Trinajstić information content (AvgIpc) is 3.52. The maximum absolute atomic E-state index is 12.6. The van der Waals surface area contributed by atoms with Gasteiger partial charge in [-0.2, -0.15) is 0 Å². The molecule has 0 aliphatic carbocycles. The van der Waals surface area contributed by atoms with E-state index in [0.29, 0.717) is 25.3 Å². The van der Waals surface area contributed by atoms with Gasteiger partial charge in [0.25, 0.3) is 11.8 Å². The second-order valence-corrected chi connectivity index (χ2v) is 10.3. The highest BCUT2D eigenvalue weighted by Gasteiger charge is 2.26. The third-order valence-corrected chi connectivity index (χ3v) is 7.97. The number of amides is 2. The van der Waals surface area contributed by atoms with Gasteiger partial charge in [-0.05, 0) is 67.8 Å². The van der Waals surface area contributed by atoms with Crippen molar-refractivity contribution in [2.75, 3.05) is 26.2 Å². The second-order valence-electron chi connectivity index (χ2n) is 8.35. The molecule has 2 aromatic heterocycles. The summed E-state index contributed by atoms with van der Waals surface area (Å²) in [5.74, 6) is 0.902. The van der Waals surface area contributed by atoms with Gasteiger partial charge in [-0.15, -0.1) is 22.7 Å². The molecule has 1 aliphatic heterocycles. The zero-order valence-corrected chi connectivity index (χ0v) is 20.6. The number of thiazole rings is 1. The van der Waals surface area contributed by atoms with Crippen LogP contribution in [0, 0.1) is 13.8 Å². The van der Waals surface area contributed by atoms with Gasteiger partial charge in [-0.3, -0.25) is 9.59 Å². The van der Waals surface area contributed by atoms with Crippen LogP contribution in [0.4, 0.5) is 0 Å². The van der Waals surface area contributed by atoms with Crippen LogP contribution in [0.5, 0.6) is 5.75 Å². The molecule has 0 unspecified atom stereocenters. The topological polar surface area (TPSA) is 71.5 Å². The summed E-state index contributed by atoms with van der Waals surface area (Å²) >= 11 is 3.23. The molecule has 0 bridgehead atoms. The maximum Gasteiger partial charge on any atom is 0.270 e. The Balaban J connectivity index is 1.21. The van der Waals surface area contributed by atoms with Crippen LogP contribution in [-0.2, 0) is 11.2 Å². The van der Waals surface area contributed by atoms with Crippen molar-refractivity contribution in [3.8, 4) is 5.75 Å². The first-order chi connectivity index (χ1) is 16.0. The summed E-state index contributed by atoms with van der Waals surface area (Å²) < 4.78 is 5.71. The highest BCUT2D eigenvalue weighted by molar-refractivity contribution is 7.10. The van der Waals surface area contributed by atoms with Crippen LogP contribution in [0.25, 0.3) is 0 Å². The third-order valence-electron chi connectivity index (χ3n) is 6.03. The van der Waals surface area contributed by atoms with E-state index in [1.54, 1.807) is 11.3 Å². The van der Waals surface area contributed by atoms with Crippen molar-refractivity contribution in [2.45, 2.75) is 39.0 Å². The SMILES string of the molecule is Cc1ccc(OCC(=O)N2CCC(c3nc(C(=O)NCCc4cccs4)cs3)CC2)cc1C. The average molecular weight is 484 g/mol. The smallest absolute Gasteiger partial charge is 0.270 e. The number of carbonyl (C=O) groups excluding carboxylic acids is 2. The molecular formula is C25H29N3O3S2. The van der Waals surface area contributed by atoms with Crippen LogP contribution in [0.15, 0.2) is 41.1 Å². The Kier molecular flexibility index (Phi) is 7.77. The number of rotatable bonds is 8. The first-order valence-electron chi connectivity index (χ1n) is 11.2. The number of likely N-dealkylation sites (tertiary alicyclic amines) is 1. The summed E-state index contributed by atoms with van der Waals surface area (Å²) in [4.78, 5) is 32.7. The molecule has 33 heavy (non-hydrogen) atoms. The van der Waals surface area contributed by atoms with Crippen molar-refractivity contribution < 1.29 is 14.3 Å². The summed E-state index contributed by atoms with van der Waals surface area (Å²) in [6.07, 6.45) is 2.53. The van der Waals surface area contributed by atoms with Crippen molar-refractivity contribution in [3.05, 3.63) is 67.8 Å². The number of aromatic nitrogens is 1. The number of benzene rings is 1. The van der Waals surface area contributed by atoms with Gasteiger partial charge in [-0.1, -0.05) is 12.1 Å². The van der Waals surface area contributed by atoms with E-state index in [-0.39, 0.29) is 24.3 Å². The van der Waals surface area contributed by atoms with E-state index in [1.807, 2.05) is 46.8 Å². The molecule has 3 heterocycles. The van der Waals surface area contributed by atoms with Gasteiger partial charge in [0.1, 0.15) is 11.4 Å². The molecule has 3 aromatic rings. The van der Waals surface area contributed by atoms with Crippen molar-refractivity contribution in [2.24, 2.45) is 0 Å². The first-order valence-corrected chi connectivity index (χ1v) is 13.0. The lowest BCUT2D eigenvalue weighted by atomic mass is 9.97. The van der Waals surface area contributed by atoms with E-state index < -0.39 is 0 Å². The van der Waals surface area contributed by atoms with Crippen LogP contribution in [0.1, 0.15) is 50.3 Å². The molecule has 4 rings (SSSR count). The first kappa shape index (κ1) is 23.4. The van der Waals surface area contributed by atoms with Crippen molar-refractivity contribution in [1.82, 2.24) is 15.2 Å². The second kappa shape index (κ2) is 10.9. The van der Waals surface area contributed by atoms with Crippen molar-refractivity contribution in [1.29, 1.82) is 0 Å². The minimum atomic E-state index is -0.120. The zero-order valence-electron chi connectivity index (χ0n) is 19.0. The Labute approximate surface area is 202 Å². The molecule has 1 N–H and O–H groups in total. The summed E-state index contributed by atoms with van der Waals surface area (Å²) in [5.41, 5.74) is 2.85. The highest BCUT2D eigenvalue weighted by atomic mass is 32.1. The fourth-order valence-corrected chi connectivity index (χ4v) is 5.52. The van der Waals surface area contributed by atoms with Gasteiger partial charge in [0, 0.05) is 35.8 Å². The molecule has 1 saturated heterocycles. The number of thiophene rings is 1. The van der Waals surface area contributed by atoms with Crippen molar-refractivity contribution >= 4 is 34.5 Å². The molecule has 174 valence electrons.